The van der Waals surface area contributed by atoms with Crippen LogP contribution in [-0.2, 0) is 19.9 Å². The summed E-state index contributed by atoms with van der Waals surface area (Å²) in [4.78, 5) is 8.64. The Morgan fingerprint density at radius 1 is 1.03 bits per heavy atom. The van der Waals surface area contributed by atoms with E-state index >= 15 is 0 Å². The van der Waals surface area contributed by atoms with Crippen LogP contribution in [0.25, 0.3) is 10.9 Å². The lowest BCUT2D eigenvalue weighted by Gasteiger charge is -2.11. The van der Waals surface area contributed by atoms with E-state index in [1.54, 1.807) is 24.3 Å². The monoisotopic (exact) mass is 437 g/mol. The van der Waals surface area contributed by atoms with Gasteiger partial charge in [0.15, 0.2) is 17.3 Å². The van der Waals surface area contributed by atoms with Crippen LogP contribution in [0.3, 0.4) is 0 Å². The van der Waals surface area contributed by atoms with Gasteiger partial charge in [0, 0.05) is 22.6 Å². The first-order chi connectivity index (χ1) is 13.6. The second-order valence-electron chi connectivity index (χ2n) is 5.99. The summed E-state index contributed by atoms with van der Waals surface area (Å²) in [6.45, 7) is 0. The van der Waals surface area contributed by atoms with Crippen LogP contribution in [0.15, 0.2) is 52.0 Å². The van der Waals surface area contributed by atoms with Crippen molar-refractivity contribution < 1.29 is 22.1 Å². The maximum Gasteiger partial charge on any atom is 0.296 e. The molecular formula is C17H19N5O5S2. The highest BCUT2D eigenvalue weighted by Crippen LogP contribution is 2.35. The maximum atomic E-state index is 13.3. The average Bonchev–Trinajstić information content (AvgIpc) is 2.66. The molecule has 3 aromatic rings. The summed E-state index contributed by atoms with van der Waals surface area (Å²) in [5.41, 5.74) is 0.713. The summed E-state index contributed by atoms with van der Waals surface area (Å²) in [5, 5.41) is 5.52. The molecular weight excluding hydrogens is 418 g/mol. The highest BCUT2D eigenvalue weighted by Gasteiger charge is 2.14. The third-order valence-electron chi connectivity index (χ3n) is 3.91. The largest absolute Gasteiger partial charge is 0.493 e. The fourth-order valence-corrected chi connectivity index (χ4v) is 4.33. The Hall–Kier alpha value is -2.96. The topological polar surface area (TPSA) is 146 Å². The first-order valence-electron chi connectivity index (χ1n) is 8.12. The standard InChI is InChI=1S/C17H19N5O5S2/c1-26-15-8-13-14(9-16(15)27-2)19-10-20-17(13)22-28(3,23)12-6-4-5-11(7-12)21-29(18,24)25/h4-10,21H,1-3H3,(H2,18,24,25). The molecule has 0 saturated heterocycles. The number of nitrogens with zero attached hydrogens (tertiary/aromatic N) is 3. The van der Waals surface area contributed by atoms with Crippen LogP contribution in [0, 0.1) is 0 Å². The van der Waals surface area contributed by atoms with E-state index in [0.29, 0.717) is 27.3 Å². The van der Waals surface area contributed by atoms with Crippen LogP contribution in [0.4, 0.5) is 11.5 Å². The molecule has 0 spiro atoms. The summed E-state index contributed by atoms with van der Waals surface area (Å²) >= 11 is 0. The number of rotatable bonds is 6. The van der Waals surface area contributed by atoms with Gasteiger partial charge < -0.3 is 9.47 Å². The van der Waals surface area contributed by atoms with E-state index in [4.69, 9.17) is 14.6 Å². The molecule has 0 fully saturated rings. The van der Waals surface area contributed by atoms with Crippen LogP contribution in [0.5, 0.6) is 11.5 Å². The van der Waals surface area contributed by atoms with Crippen LogP contribution >= 0.6 is 0 Å². The molecule has 1 unspecified atom stereocenters. The molecule has 3 rings (SSSR count). The first-order valence-corrected chi connectivity index (χ1v) is 11.6. The van der Waals surface area contributed by atoms with Crippen molar-refractivity contribution in [1.82, 2.24) is 9.97 Å². The van der Waals surface area contributed by atoms with Crippen LogP contribution in [0.1, 0.15) is 0 Å². The number of hydrogen-bond acceptors (Lipinski definition) is 8. The molecule has 154 valence electrons. The van der Waals surface area contributed by atoms with Gasteiger partial charge in [-0.2, -0.15) is 12.8 Å². The zero-order valence-corrected chi connectivity index (χ0v) is 17.5. The Balaban J connectivity index is 2.15. The van der Waals surface area contributed by atoms with E-state index in [1.807, 2.05) is 0 Å². The van der Waals surface area contributed by atoms with Crippen molar-refractivity contribution >= 4 is 42.3 Å². The Morgan fingerprint density at radius 3 is 2.38 bits per heavy atom. The summed E-state index contributed by atoms with van der Waals surface area (Å²) in [6, 6.07) is 9.34. The zero-order chi connectivity index (χ0) is 21.2. The second-order valence-corrected chi connectivity index (χ2v) is 9.54. The molecule has 0 saturated carbocycles. The average molecular weight is 438 g/mol. The van der Waals surface area contributed by atoms with Gasteiger partial charge in [-0.1, -0.05) is 6.07 Å². The first kappa shape index (κ1) is 20.8. The molecule has 0 radical (unpaired) electrons. The summed E-state index contributed by atoms with van der Waals surface area (Å²) in [7, 11) is -3.93. The molecule has 1 aromatic heterocycles. The van der Waals surface area contributed by atoms with Crippen molar-refractivity contribution in [2.24, 2.45) is 9.50 Å². The number of fused-ring (bicyclic) bond motifs is 1. The number of methoxy groups -OCH3 is 2. The Labute approximate surface area is 168 Å². The third kappa shape index (κ3) is 4.72. The van der Waals surface area contributed by atoms with Gasteiger partial charge in [0.2, 0.25) is 0 Å². The Bertz CT molecular complexity index is 1300. The normalized spacial score (nSPS) is 13.5. The number of benzene rings is 2. The molecule has 1 heterocycles. The predicted octanol–water partition coefficient (Wildman–Crippen LogP) is 2.05. The van der Waals surface area contributed by atoms with Crippen molar-refractivity contribution in [2.45, 2.75) is 4.90 Å². The van der Waals surface area contributed by atoms with Gasteiger partial charge in [-0.05, 0) is 24.3 Å². The van der Waals surface area contributed by atoms with E-state index in [1.165, 1.54) is 38.9 Å². The van der Waals surface area contributed by atoms with Crippen LogP contribution in [0.2, 0.25) is 0 Å². The number of ether oxygens (including phenoxy) is 2. The minimum absolute atomic E-state index is 0.175. The molecule has 12 heteroatoms. The molecule has 2 aromatic carbocycles. The van der Waals surface area contributed by atoms with Crippen LogP contribution < -0.4 is 19.3 Å². The lowest BCUT2D eigenvalue weighted by molar-refractivity contribution is 0.356. The van der Waals surface area contributed by atoms with E-state index < -0.39 is 19.9 Å². The van der Waals surface area contributed by atoms with Crippen molar-refractivity contribution in [1.29, 1.82) is 0 Å². The maximum absolute atomic E-state index is 13.3. The number of aromatic nitrogens is 2. The zero-order valence-electron chi connectivity index (χ0n) is 15.8. The Kier molecular flexibility index (Phi) is 5.59. The van der Waals surface area contributed by atoms with E-state index in [0.717, 1.165) is 0 Å². The molecule has 0 aliphatic heterocycles. The molecule has 0 bridgehead atoms. The molecule has 0 aliphatic carbocycles. The van der Waals surface area contributed by atoms with Crippen molar-refractivity contribution in [3.05, 3.63) is 42.7 Å². The summed E-state index contributed by atoms with van der Waals surface area (Å²) in [6.07, 6.45) is 2.74. The fourth-order valence-electron chi connectivity index (χ4n) is 2.62. The van der Waals surface area contributed by atoms with Gasteiger partial charge in [-0.25, -0.2) is 19.3 Å². The van der Waals surface area contributed by atoms with Crippen molar-refractivity contribution in [2.75, 3.05) is 25.2 Å². The fraction of sp³-hybridized carbons (Fsp3) is 0.176. The van der Waals surface area contributed by atoms with Gasteiger partial charge in [0.05, 0.1) is 35.2 Å². The SMILES string of the molecule is COc1cc2ncnc(N=S(C)(=O)c3cccc(NS(N)(=O)=O)c3)c2cc1OC. The number of nitrogens with two attached hydrogens (primary N) is 1. The van der Waals surface area contributed by atoms with Crippen LogP contribution in [-0.4, -0.2) is 43.1 Å². The van der Waals surface area contributed by atoms with Gasteiger partial charge in [-0.3, -0.25) is 4.72 Å². The minimum atomic E-state index is -3.96. The van der Waals surface area contributed by atoms with Gasteiger partial charge >= 0.3 is 0 Å². The molecule has 10 nitrogen and oxygen atoms in total. The number of anilines is 1. The van der Waals surface area contributed by atoms with E-state index in [9.17, 15) is 12.6 Å². The molecule has 0 aliphatic rings. The quantitative estimate of drug-likeness (QED) is 0.600. The smallest absolute Gasteiger partial charge is 0.296 e. The van der Waals surface area contributed by atoms with Gasteiger partial charge in [-0.15, -0.1) is 0 Å². The second kappa shape index (κ2) is 7.81. The summed E-state index contributed by atoms with van der Waals surface area (Å²) in [5.74, 6) is 1.14. The van der Waals surface area contributed by atoms with Gasteiger partial charge in [0.1, 0.15) is 6.33 Å². The summed E-state index contributed by atoms with van der Waals surface area (Å²) < 4.78 is 52.8. The number of hydrogen-bond donors (Lipinski definition) is 2. The third-order valence-corrected chi connectivity index (χ3v) is 6.08. The molecule has 3 N–H and O–H groups in total. The molecule has 1 atom stereocenters. The van der Waals surface area contributed by atoms with Crippen molar-refractivity contribution in [3.8, 4) is 11.5 Å². The minimum Gasteiger partial charge on any atom is -0.493 e. The highest BCUT2D eigenvalue weighted by molar-refractivity contribution is 7.93. The lowest BCUT2D eigenvalue weighted by Crippen LogP contribution is -2.21. The molecule has 29 heavy (non-hydrogen) atoms. The van der Waals surface area contributed by atoms with Crippen molar-refractivity contribution in [3.63, 3.8) is 0 Å². The Morgan fingerprint density at radius 2 is 1.72 bits per heavy atom. The highest BCUT2D eigenvalue weighted by atomic mass is 32.2. The molecule has 0 amide bonds. The predicted molar refractivity (Wildman–Crippen MR) is 110 cm³/mol. The van der Waals surface area contributed by atoms with Gasteiger partial charge in [0.25, 0.3) is 10.2 Å². The lowest BCUT2D eigenvalue weighted by atomic mass is 10.2. The van der Waals surface area contributed by atoms with E-state index in [-0.39, 0.29) is 11.5 Å². The number of nitrogens with one attached hydrogen (secondary N) is 1. The van der Waals surface area contributed by atoms with E-state index in [2.05, 4.69) is 19.1 Å².